The van der Waals surface area contributed by atoms with Crippen molar-refractivity contribution in [3.05, 3.63) is 51.4 Å². The Morgan fingerprint density at radius 2 is 1.86 bits per heavy atom. The van der Waals surface area contributed by atoms with Gasteiger partial charge in [-0.15, -0.1) is 11.3 Å². The van der Waals surface area contributed by atoms with Gasteiger partial charge in [0.2, 0.25) is 0 Å². The normalized spacial score (nSPS) is 24.2. The summed E-state index contributed by atoms with van der Waals surface area (Å²) in [6.45, 7) is 4.53. The summed E-state index contributed by atoms with van der Waals surface area (Å²) in [5.41, 5.74) is 2.97. The first-order chi connectivity index (χ1) is 17.4. The molecular weight excluding hydrogens is 466 g/mol. The zero-order valence-corrected chi connectivity index (χ0v) is 22.7. The van der Waals surface area contributed by atoms with Gasteiger partial charge in [0.1, 0.15) is 22.9 Å². The van der Waals surface area contributed by atoms with Gasteiger partial charge in [-0.25, -0.2) is 4.98 Å². The molecule has 3 aromatic rings. The molecular formula is C30H39N3O2S. The summed E-state index contributed by atoms with van der Waals surface area (Å²) in [5.74, 6) is 2.50. The van der Waals surface area contributed by atoms with Crippen LogP contribution < -0.4 is 10.3 Å². The maximum absolute atomic E-state index is 13.5. The van der Waals surface area contributed by atoms with Crippen molar-refractivity contribution in [3.63, 3.8) is 0 Å². The molecule has 3 fully saturated rings. The predicted molar refractivity (Wildman–Crippen MR) is 148 cm³/mol. The van der Waals surface area contributed by atoms with Crippen LogP contribution >= 0.6 is 11.3 Å². The van der Waals surface area contributed by atoms with E-state index in [0.29, 0.717) is 18.0 Å². The van der Waals surface area contributed by atoms with Crippen molar-refractivity contribution < 1.29 is 4.74 Å². The van der Waals surface area contributed by atoms with Crippen molar-refractivity contribution in [2.75, 3.05) is 7.05 Å². The SMILES string of the molecule is CC(C)CCc1cc(-n2cnc3cc(CCC4CC4)sc3c2=O)ccc1OC1C[C@H]2CC[C@@H](C1)N2C. The lowest BCUT2D eigenvalue weighted by molar-refractivity contribution is 0.0655. The van der Waals surface area contributed by atoms with E-state index in [1.807, 2.05) is 6.07 Å². The minimum atomic E-state index is 0.0399. The van der Waals surface area contributed by atoms with E-state index >= 15 is 0 Å². The number of thiophene rings is 1. The van der Waals surface area contributed by atoms with Gasteiger partial charge in [-0.05, 0) is 100 Å². The van der Waals surface area contributed by atoms with Crippen molar-refractivity contribution in [1.82, 2.24) is 14.5 Å². The van der Waals surface area contributed by atoms with Crippen LogP contribution in [-0.4, -0.2) is 39.7 Å². The molecule has 2 bridgehead atoms. The Labute approximate surface area is 218 Å². The van der Waals surface area contributed by atoms with Crippen LogP contribution in [0.2, 0.25) is 0 Å². The van der Waals surface area contributed by atoms with Gasteiger partial charge in [-0.1, -0.05) is 26.7 Å². The number of aromatic nitrogens is 2. The fourth-order valence-electron chi connectivity index (χ4n) is 6.13. The highest BCUT2D eigenvalue weighted by Crippen LogP contribution is 2.37. The highest BCUT2D eigenvalue weighted by Gasteiger charge is 2.39. The third-order valence-corrected chi connectivity index (χ3v) is 9.82. The minimum absolute atomic E-state index is 0.0399. The van der Waals surface area contributed by atoms with Crippen LogP contribution in [0.4, 0.5) is 0 Å². The van der Waals surface area contributed by atoms with Crippen molar-refractivity contribution in [2.45, 2.75) is 96.2 Å². The molecule has 192 valence electrons. The largest absolute Gasteiger partial charge is 0.490 e. The average molecular weight is 506 g/mol. The van der Waals surface area contributed by atoms with E-state index in [4.69, 9.17) is 4.74 Å². The van der Waals surface area contributed by atoms with Crippen LogP contribution in [0, 0.1) is 11.8 Å². The predicted octanol–water partition coefficient (Wildman–Crippen LogP) is 6.38. The second kappa shape index (κ2) is 9.94. The van der Waals surface area contributed by atoms with E-state index in [1.54, 1.807) is 22.2 Å². The number of ether oxygens (including phenoxy) is 1. The molecule has 3 aliphatic rings. The van der Waals surface area contributed by atoms with E-state index in [9.17, 15) is 4.79 Å². The van der Waals surface area contributed by atoms with Gasteiger partial charge < -0.3 is 9.64 Å². The average Bonchev–Trinajstić information content (AvgIpc) is 3.56. The maximum Gasteiger partial charge on any atom is 0.275 e. The van der Waals surface area contributed by atoms with Gasteiger partial charge >= 0.3 is 0 Å². The number of rotatable bonds is 9. The number of benzene rings is 1. The summed E-state index contributed by atoms with van der Waals surface area (Å²) in [5, 5.41) is 0. The first-order valence-electron chi connectivity index (χ1n) is 14.0. The summed E-state index contributed by atoms with van der Waals surface area (Å²) in [4.78, 5) is 22.0. The second-order valence-corrected chi connectivity index (χ2v) is 13.0. The number of aryl methyl sites for hydroxylation is 2. The van der Waals surface area contributed by atoms with E-state index in [2.05, 4.69) is 49.0 Å². The molecule has 2 aliphatic heterocycles. The summed E-state index contributed by atoms with van der Waals surface area (Å²) in [6.07, 6.45) is 13.9. The van der Waals surface area contributed by atoms with Crippen molar-refractivity contribution in [3.8, 4) is 11.4 Å². The van der Waals surface area contributed by atoms with Crippen LogP contribution in [0.15, 0.2) is 35.4 Å². The molecule has 6 rings (SSSR count). The number of hydrogen-bond donors (Lipinski definition) is 0. The molecule has 2 saturated heterocycles. The van der Waals surface area contributed by atoms with Crippen LogP contribution in [0.3, 0.4) is 0 Å². The lowest BCUT2D eigenvalue weighted by atomic mass is 9.99. The standard InChI is InChI=1S/C30H39N3O2S/c1-19(2)4-8-21-14-24(11-13-28(21)35-25-15-22-9-10-23(16-25)32(22)3)33-18-31-27-17-26(12-7-20-5-6-20)36-29(27)30(33)34/h11,13-14,17-20,22-23,25H,4-10,12,15-16H2,1-3H3/t22-,23+,25?. The topological polar surface area (TPSA) is 47.4 Å². The number of hydrogen-bond acceptors (Lipinski definition) is 5. The Bertz CT molecular complexity index is 1280. The summed E-state index contributed by atoms with van der Waals surface area (Å²) in [6, 6.07) is 9.73. The third-order valence-electron chi connectivity index (χ3n) is 8.65. The monoisotopic (exact) mass is 505 g/mol. The van der Waals surface area contributed by atoms with Gasteiger partial charge in [0.15, 0.2) is 0 Å². The van der Waals surface area contributed by atoms with Gasteiger partial charge in [-0.2, -0.15) is 0 Å². The van der Waals surface area contributed by atoms with Crippen LogP contribution in [0.5, 0.6) is 5.75 Å². The lowest BCUT2D eigenvalue weighted by Crippen LogP contribution is -2.43. The molecule has 3 atom stereocenters. The molecule has 1 unspecified atom stereocenters. The zero-order chi connectivity index (χ0) is 24.8. The Kier molecular flexibility index (Phi) is 6.67. The molecule has 0 N–H and O–H groups in total. The third kappa shape index (κ3) is 4.99. The fourth-order valence-corrected chi connectivity index (χ4v) is 7.18. The fraction of sp³-hybridized carbons (Fsp3) is 0.600. The number of piperidine rings is 1. The molecule has 0 spiro atoms. The molecule has 0 amide bonds. The summed E-state index contributed by atoms with van der Waals surface area (Å²) < 4.78 is 9.16. The summed E-state index contributed by atoms with van der Waals surface area (Å²) >= 11 is 1.63. The quantitative estimate of drug-likeness (QED) is 0.338. The molecule has 5 nitrogen and oxygen atoms in total. The van der Waals surface area contributed by atoms with E-state index in [0.717, 1.165) is 59.7 Å². The first kappa shape index (κ1) is 24.2. The van der Waals surface area contributed by atoms with Crippen LogP contribution in [-0.2, 0) is 12.8 Å². The Hall–Kier alpha value is -2.18. The summed E-state index contributed by atoms with van der Waals surface area (Å²) in [7, 11) is 2.27. The lowest BCUT2D eigenvalue weighted by Gasteiger charge is -2.36. The van der Waals surface area contributed by atoms with Crippen molar-refractivity contribution in [1.29, 1.82) is 0 Å². The molecule has 1 saturated carbocycles. The van der Waals surface area contributed by atoms with Gasteiger partial charge in [-0.3, -0.25) is 9.36 Å². The second-order valence-electron chi connectivity index (χ2n) is 11.8. The molecule has 1 aliphatic carbocycles. The molecule has 36 heavy (non-hydrogen) atoms. The number of nitrogens with zero attached hydrogens (tertiary/aromatic N) is 3. The van der Waals surface area contributed by atoms with Crippen molar-refractivity contribution in [2.24, 2.45) is 11.8 Å². The van der Waals surface area contributed by atoms with Crippen LogP contribution in [0.1, 0.15) is 75.7 Å². The van der Waals surface area contributed by atoms with Gasteiger partial charge in [0.25, 0.3) is 5.56 Å². The number of fused-ring (bicyclic) bond motifs is 3. The van der Waals surface area contributed by atoms with Gasteiger partial charge in [0, 0.05) is 17.0 Å². The van der Waals surface area contributed by atoms with E-state index < -0.39 is 0 Å². The smallest absolute Gasteiger partial charge is 0.275 e. The maximum atomic E-state index is 13.5. The zero-order valence-electron chi connectivity index (χ0n) is 21.9. The van der Waals surface area contributed by atoms with Gasteiger partial charge in [0.05, 0.1) is 11.2 Å². The molecule has 1 aromatic carbocycles. The van der Waals surface area contributed by atoms with E-state index in [1.165, 1.54) is 42.5 Å². The molecule has 4 heterocycles. The van der Waals surface area contributed by atoms with Crippen LogP contribution in [0.25, 0.3) is 15.9 Å². The van der Waals surface area contributed by atoms with E-state index in [-0.39, 0.29) is 11.7 Å². The first-order valence-corrected chi connectivity index (χ1v) is 14.8. The minimum Gasteiger partial charge on any atom is -0.490 e. The van der Waals surface area contributed by atoms with Crippen molar-refractivity contribution >= 4 is 21.6 Å². The Morgan fingerprint density at radius 3 is 2.58 bits per heavy atom. The highest BCUT2D eigenvalue weighted by molar-refractivity contribution is 7.18. The molecule has 0 radical (unpaired) electrons. The molecule has 6 heteroatoms. The highest BCUT2D eigenvalue weighted by atomic mass is 32.1. The Morgan fingerprint density at radius 1 is 1.08 bits per heavy atom. The Balaban J connectivity index is 1.27. The molecule has 2 aromatic heterocycles.